The molecule has 3 N–H and O–H groups in total. The van der Waals surface area contributed by atoms with Crippen molar-refractivity contribution in [3.8, 4) is 0 Å². The first-order valence-corrected chi connectivity index (χ1v) is 7.55. The Balaban J connectivity index is 2.68. The van der Waals surface area contributed by atoms with Crippen LogP contribution in [0.5, 0.6) is 0 Å². The smallest absolute Gasteiger partial charge is 0.370 e. The molecule has 0 saturated carbocycles. The number of alkyl halides is 2. The van der Waals surface area contributed by atoms with E-state index in [9.17, 15) is 23.2 Å². The van der Waals surface area contributed by atoms with Crippen molar-refractivity contribution in [3.05, 3.63) is 30.1 Å². The minimum Gasteiger partial charge on any atom is -0.370 e. The molecule has 1 heterocycles. The van der Waals surface area contributed by atoms with E-state index in [0.717, 1.165) is 0 Å². The molecule has 132 valence electrons. The molecule has 0 aliphatic rings. The number of Topliss-reactive ketones (excluding diaryl/α,β-unsaturated/α-hetero) is 1. The summed E-state index contributed by atoms with van der Waals surface area (Å²) in [5.41, 5.74) is 5.62. The lowest BCUT2D eigenvalue weighted by atomic mass is 9.85. The number of hydrogen-bond donors (Lipinski definition) is 2. The van der Waals surface area contributed by atoms with Gasteiger partial charge >= 0.3 is 5.92 Å². The first kappa shape index (κ1) is 19.7. The van der Waals surface area contributed by atoms with E-state index >= 15 is 0 Å². The highest BCUT2D eigenvalue weighted by atomic mass is 19.3. The third kappa shape index (κ3) is 5.36. The molecular weight excluding hydrogens is 320 g/mol. The summed E-state index contributed by atoms with van der Waals surface area (Å²) in [6, 6.07) is 5.14. The van der Waals surface area contributed by atoms with Gasteiger partial charge in [0.05, 0.1) is 0 Å². The van der Waals surface area contributed by atoms with Crippen LogP contribution in [0.4, 0.5) is 8.78 Å². The van der Waals surface area contributed by atoms with E-state index in [4.69, 9.17) is 5.73 Å². The van der Waals surface area contributed by atoms with Crippen LogP contribution in [0.1, 0.15) is 26.0 Å². The molecule has 0 aliphatic heterocycles. The number of rotatable bonds is 9. The standard InChI is InChI=1S/C16H21F2N3O3/c1-10(2)12(9-13(19)22)14(23)16(17,18)15(24)21-8-6-11-5-3-4-7-20-11/h3-5,7,10,12H,6,8-9H2,1-2H3,(H2,19,22)(H,21,24). The predicted molar refractivity (Wildman–Crippen MR) is 83.0 cm³/mol. The van der Waals surface area contributed by atoms with Crippen LogP contribution in [0.3, 0.4) is 0 Å². The molecule has 24 heavy (non-hydrogen) atoms. The number of nitrogens with two attached hydrogens (primary N) is 1. The van der Waals surface area contributed by atoms with Crippen molar-refractivity contribution in [2.75, 3.05) is 6.54 Å². The molecule has 1 atom stereocenters. The molecule has 6 nitrogen and oxygen atoms in total. The number of primary amides is 1. The van der Waals surface area contributed by atoms with E-state index in [1.807, 2.05) is 5.32 Å². The Bertz CT molecular complexity index is 591. The van der Waals surface area contributed by atoms with E-state index in [0.29, 0.717) is 5.69 Å². The number of hydrogen-bond acceptors (Lipinski definition) is 4. The van der Waals surface area contributed by atoms with Gasteiger partial charge in [-0.3, -0.25) is 19.4 Å². The highest BCUT2D eigenvalue weighted by Gasteiger charge is 2.50. The molecule has 0 radical (unpaired) electrons. The Labute approximate surface area is 138 Å². The van der Waals surface area contributed by atoms with Gasteiger partial charge in [-0.2, -0.15) is 8.78 Å². The van der Waals surface area contributed by atoms with Crippen LogP contribution < -0.4 is 11.1 Å². The summed E-state index contributed by atoms with van der Waals surface area (Å²) in [6.07, 6.45) is 1.28. The number of nitrogens with zero attached hydrogens (tertiary/aromatic N) is 1. The summed E-state index contributed by atoms with van der Waals surface area (Å²) in [4.78, 5) is 38.6. The molecule has 1 aromatic heterocycles. The predicted octanol–water partition coefficient (Wildman–Crippen LogP) is 1.09. The van der Waals surface area contributed by atoms with Crippen molar-refractivity contribution < 1.29 is 23.2 Å². The maximum atomic E-state index is 14.1. The molecule has 8 heteroatoms. The van der Waals surface area contributed by atoms with E-state index in [-0.39, 0.29) is 13.0 Å². The number of aromatic nitrogens is 1. The van der Waals surface area contributed by atoms with Crippen LogP contribution in [0, 0.1) is 11.8 Å². The number of carbonyl (C=O) groups is 3. The second kappa shape index (κ2) is 8.47. The lowest BCUT2D eigenvalue weighted by molar-refractivity contribution is -0.162. The van der Waals surface area contributed by atoms with Crippen LogP contribution >= 0.6 is 0 Å². The van der Waals surface area contributed by atoms with Gasteiger partial charge in [-0.05, 0) is 18.1 Å². The van der Waals surface area contributed by atoms with Gasteiger partial charge in [0.2, 0.25) is 11.7 Å². The molecule has 0 bridgehead atoms. The van der Waals surface area contributed by atoms with Gasteiger partial charge in [-0.25, -0.2) is 0 Å². The molecule has 0 spiro atoms. The van der Waals surface area contributed by atoms with Crippen LogP contribution in [-0.2, 0) is 20.8 Å². The van der Waals surface area contributed by atoms with Crippen LogP contribution in [0.25, 0.3) is 0 Å². The first-order valence-electron chi connectivity index (χ1n) is 7.55. The number of nitrogens with one attached hydrogen (secondary N) is 1. The van der Waals surface area contributed by atoms with Crippen molar-refractivity contribution in [2.24, 2.45) is 17.6 Å². The molecular formula is C16H21F2N3O3. The monoisotopic (exact) mass is 341 g/mol. The van der Waals surface area contributed by atoms with Gasteiger partial charge in [0.15, 0.2) is 0 Å². The van der Waals surface area contributed by atoms with E-state index in [1.54, 1.807) is 24.4 Å². The molecule has 0 aliphatic carbocycles. The van der Waals surface area contributed by atoms with Crippen molar-refractivity contribution in [1.29, 1.82) is 0 Å². The van der Waals surface area contributed by atoms with Gasteiger partial charge in [0.25, 0.3) is 5.91 Å². The fourth-order valence-electron chi connectivity index (χ4n) is 2.15. The van der Waals surface area contributed by atoms with Gasteiger partial charge in [0, 0.05) is 37.2 Å². The van der Waals surface area contributed by atoms with Crippen molar-refractivity contribution in [2.45, 2.75) is 32.6 Å². The van der Waals surface area contributed by atoms with Gasteiger partial charge < -0.3 is 11.1 Å². The molecule has 1 unspecified atom stereocenters. The zero-order chi connectivity index (χ0) is 18.3. The average molecular weight is 341 g/mol. The lowest BCUT2D eigenvalue weighted by Crippen LogP contribution is -2.50. The normalized spacial score (nSPS) is 12.7. The van der Waals surface area contributed by atoms with Gasteiger partial charge in [0.1, 0.15) is 0 Å². The molecule has 0 aromatic carbocycles. The number of pyridine rings is 1. The molecule has 0 fully saturated rings. The third-order valence-corrected chi connectivity index (χ3v) is 3.55. The zero-order valence-corrected chi connectivity index (χ0v) is 13.6. The number of ketones is 1. The Morgan fingerprint density at radius 3 is 2.46 bits per heavy atom. The van der Waals surface area contributed by atoms with Crippen LogP contribution in [0.2, 0.25) is 0 Å². The number of halogens is 2. The Morgan fingerprint density at radius 1 is 1.29 bits per heavy atom. The maximum Gasteiger partial charge on any atom is 0.381 e. The summed E-state index contributed by atoms with van der Waals surface area (Å²) >= 11 is 0. The summed E-state index contributed by atoms with van der Waals surface area (Å²) in [6.45, 7) is 2.95. The summed E-state index contributed by atoms with van der Waals surface area (Å²) in [7, 11) is 0. The lowest BCUT2D eigenvalue weighted by Gasteiger charge is -2.23. The van der Waals surface area contributed by atoms with Gasteiger partial charge in [-0.1, -0.05) is 19.9 Å². The SMILES string of the molecule is CC(C)C(CC(N)=O)C(=O)C(F)(F)C(=O)NCCc1ccccn1. The second-order valence-electron chi connectivity index (χ2n) is 5.79. The largest absolute Gasteiger partial charge is 0.381 e. The topological polar surface area (TPSA) is 102 Å². The average Bonchev–Trinajstić information content (AvgIpc) is 2.52. The molecule has 2 amide bonds. The highest BCUT2D eigenvalue weighted by molar-refractivity contribution is 6.09. The van der Waals surface area contributed by atoms with Crippen LogP contribution in [0.15, 0.2) is 24.4 Å². The number of carbonyl (C=O) groups excluding carboxylic acids is 3. The van der Waals surface area contributed by atoms with Crippen molar-refractivity contribution in [3.63, 3.8) is 0 Å². The molecule has 1 rings (SSSR count). The van der Waals surface area contributed by atoms with E-state index < -0.39 is 41.8 Å². The molecule has 1 aromatic rings. The minimum absolute atomic E-state index is 0.0825. The summed E-state index contributed by atoms with van der Waals surface area (Å²) in [5, 5.41) is 2.03. The Kier molecular flexibility index (Phi) is 6.94. The zero-order valence-electron chi connectivity index (χ0n) is 13.6. The van der Waals surface area contributed by atoms with Crippen molar-refractivity contribution >= 4 is 17.6 Å². The van der Waals surface area contributed by atoms with E-state index in [2.05, 4.69) is 4.98 Å². The summed E-state index contributed by atoms with van der Waals surface area (Å²) in [5.74, 6) is -10.2. The third-order valence-electron chi connectivity index (χ3n) is 3.55. The molecule has 0 saturated heterocycles. The Morgan fingerprint density at radius 2 is 1.96 bits per heavy atom. The fourth-order valence-corrected chi connectivity index (χ4v) is 2.15. The number of amides is 2. The van der Waals surface area contributed by atoms with E-state index in [1.165, 1.54) is 13.8 Å². The maximum absolute atomic E-state index is 14.1. The quantitative estimate of drug-likeness (QED) is 0.656. The highest BCUT2D eigenvalue weighted by Crippen LogP contribution is 2.26. The van der Waals surface area contributed by atoms with Crippen LogP contribution in [-0.4, -0.2) is 35.0 Å². The first-order chi connectivity index (χ1) is 11.2. The summed E-state index contributed by atoms with van der Waals surface area (Å²) < 4.78 is 28.1. The van der Waals surface area contributed by atoms with Crippen molar-refractivity contribution in [1.82, 2.24) is 10.3 Å². The second-order valence-corrected chi connectivity index (χ2v) is 5.79. The fraction of sp³-hybridized carbons (Fsp3) is 0.500. The minimum atomic E-state index is -4.21. The Hall–Kier alpha value is -2.38. The van der Waals surface area contributed by atoms with Gasteiger partial charge in [-0.15, -0.1) is 0 Å².